The highest BCUT2D eigenvalue weighted by atomic mass is 16.3. The Labute approximate surface area is 80.4 Å². The van der Waals surface area contributed by atoms with Crippen LogP contribution in [0.2, 0.25) is 0 Å². The van der Waals surface area contributed by atoms with Crippen LogP contribution in [0, 0.1) is 27.7 Å². The van der Waals surface area contributed by atoms with Gasteiger partial charge in [-0.1, -0.05) is 6.07 Å². The molecule has 0 heterocycles. The third kappa shape index (κ3) is 1.75. The molecular weight excluding hydrogens is 160 g/mol. The highest BCUT2D eigenvalue weighted by molar-refractivity contribution is 5.44. The SMILES string of the molecule is Cc1cc(C)c(C(C)O)c(C)c1C. The normalized spacial score (nSPS) is 13.1. The van der Waals surface area contributed by atoms with Crippen LogP contribution in [0.5, 0.6) is 0 Å². The van der Waals surface area contributed by atoms with Gasteiger partial charge in [-0.25, -0.2) is 0 Å². The monoisotopic (exact) mass is 178 g/mol. The van der Waals surface area contributed by atoms with E-state index < -0.39 is 0 Å². The smallest absolute Gasteiger partial charge is 0.0767 e. The van der Waals surface area contributed by atoms with Crippen LogP contribution in [0.1, 0.15) is 40.8 Å². The number of benzene rings is 1. The van der Waals surface area contributed by atoms with Crippen molar-refractivity contribution >= 4 is 0 Å². The lowest BCUT2D eigenvalue weighted by Crippen LogP contribution is -2.02. The first kappa shape index (κ1) is 10.3. The molecule has 0 aliphatic heterocycles. The fourth-order valence-corrected chi connectivity index (χ4v) is 1.95. The lowest BCUT2D eigenvalue weighted by molar-refractivity contribution is 0.197. The summed E-state index contributed by atoms with van der Waals surface area (Å²) >= 11 is 0. The summed E-state index contributed by atoms with van der Waals surface area (Å²) in [5, 5.41) is 9.60. The standard InChI is InChI=1S/C12H18O/c1-7-6-8(2)12(11(5)13)10(4)9(7)3/h6,11,13H,1-5H3. The Morgan fingerprint density at radius 2 is 1.54 bits per heavy atom. The highest BCUT2D eigenvalue weighted by Gasteiger charge is 2.11. The van der Waals surface area contributed by atoms with E-state index in [-0.39, 0.29) is 6.10 Å². The molecule has 1 heteroatoms. The zero-order valence-electron chi connectivity index (χ0n) is 9.10. The van der Waals surface area contributed by atoms with E-state index in [1.807, 2.05) is 6.92 Å². The number of rotatable bonds is 1. The maximum atomic E-state index is 9.60. The van der Waals surface area contributed by atoms with Crippen molar-refractivity contribution in [2.45, 2.75) is 40.7 Å². The minimum absolute atomic E-state index is 0.362. The average Bonchev–Trinajstić information content (AvgIpc) is 1.99. The summed E-state index contributed by atoms with van der Waals surface area (Å²) in [6.07, 6.45) is -0.362. The summed E-state index contributed by atoms with van der Waals surface area (Å²) in [7, 11) is 0. The predicted molar refractivity (Wildman–Crippen MR) is 56.0 cm³/mol. The molecule has 0 aliphatic rings. The molecule has 72 valence electrons. The van der Waals surface area contributed by atoms with Gasteiger partial charge in [0.1, 0.15) is 0 Å². The molecule has 0 fully saturated rings. The Kier molecular flexibility index (Phi) is 2.77. The average molecular weight is 178 g/mol. The van der Waals surface area contributed by atoms with Gasteiger partial charge < -0.3 is 5.11 Å². The molecule has 1 unspecified atom stereocenters. The van der Waals surface area contributed by atoms with Crippen molar-refractivity contribution in [1.29, 1.82) is 0 Å². The van der Waals surface area contributed by atoms with E-state index in [9.17, 15) is 5.11 Å². The van der Waals surface area contributed by atoms with Crippen LogP contribution in [0.25, 0.3) is 0 Å². The van der Waals surface area contributed by atoms with E-state index in [1.165, 1.54) is 22.3 Å². The van der Waals surface area contributed by atoms with Crippen LogP contribution in [0.3, 0.4) is 0 Å². The second kappa shape index (κ2) is 3.51. The van der Waals surface area contributed by atoms with Gasteiger partial charge in [0, 0.05) is 0 Å². The third-order valence-corrected chi connectivity index (χ3v) is 2.83. The zero-order valence-corrected chi connectivity index (χ0v) is 9.10. The molecule has 0 aromatic heterocycles. The second-order valence-corrected chi connectivity index (χ2v) is 3.85. The molecular formula is C12H18O. The summed E-state index contributed by atoms with van der Waals surface area (Å²) in [5.74, 6) is 0. The summed E-state index contributed by atoms with van der Waals surface area (Å²) < 4.78 is 0. The first-order valence-corrected chi connectivity index (χ1v) is 4.70. The maximum Gasteiger partial charge on any atom is 0.0767 e. The van der Waals surface area contributed by atoms with Crippen molar-refractivity contribution in [2.75, 3.05) is 0 Å². The van der Waals surface area contributed by atoms with Crippen LogP contribution in [0.15, 0.2) is 6.07 Å². The molecule has 1 rings (SSSR count). The Bertz CT molecular complexity index is 324. The lowest BCUT2D eigenvalue weighted by Gasteiger charge is -2.16. The third-order valence-electron chi connectivity index (χ3n) is 2.83. The molecule has 0 saturated carbocycles. The van der Waals surface area contributed by atoms with Crippen LogP contribution in [0.4, 0.5) is 0 Å². The van der Waals surface area contributed by atoms with Gasteiger partial charge in [0.25, 0.3) is 0 Å². The summed E-state index contributed by atoms with van der Waals surface area (Å²) in [4.78, 5) is 0. The van der Waals surface area contributed by atoms with Gasteiger partial charge in [0.05, 0.1) is 6.10 Å². The Morgan fingerprint density at radius 1 is 1.00 bits per heavy atom. The second-order valence-electron chi connectivity index (χ2n) is 3.85. The highest BCUT2D eigenvalue weighted by Crippen LogP contribution is 2.26. The molecule has 1 aromatic carbocycles. The summed E-state index contributed by atoms with van der Waals surface area (Å²) in [6, 6.07) is 2.14. The molecule has 1 atom stereocenters. The van der Waals surface area contributed by atoms with E-state index in [0.717, 1.165) is 5.56 Å². The zero-order chi connectivity index (χ0) is 10.2. The van der Waals surface area contributed by atoms with Gasteiger partial charge in [-0.05, 0) is 62.4 Å². The predicted octanol–water partition coefficient (Wildman–Crippen LogP) is 2.97. The van der Waals surface area contributed by atoms with Gasteiger partial charge >= 0.3 is 0 Å². The van der Waals surface area contributed by atoms with Gasteiger partial charge in [-0.2, -0.15) is 0 Å². The van der Waals surface area contributed by atoms with Crippen molar-refractivity contribution in [3.63, 3.8) is 0 Å². The van der Waals surface area contributed by atoms with E-state index >= 15 is 0 Å². The Hall–Kier alpha value is -0.820. The number of hydrogen-bond donors (Lipinski definition) is 1. The molecule has 0 radical (unpaired) electrons. The lowest BCUT2D eigenvalue weighted by atomic mass is 9.92. The summed E-state index contributed by atoms with van der Waals surface area (Å²) in [6.45, 7) is 10.2. The molecule has 1 aromatic rings. The number of aliphatic hydroxyl groups is 1. The number of aliphatic hydroxyl groups excluding tert-OH is 1. The van der Waals surface area contributed by atoms with Crippen molar-refractivity contribution in [3.05, 3.63) is 33.9 Å². The Balaban J connectivity index is 3.44. The van der Waals surface area contributed by atoms with Gasteiger partial charge in [0.15, 0.2) is 0 Å². The first-order valence-electron chi connectivity index (χ1n) is 4.70. The number of hydrogen-bond acceptors (Lipinski definition) is 1. The molecule has 1 nitrogen and oxygen atoms in total. The van der Waals surface area contributed by atoms with Crippen LogP contribution in [-0.2, 0) is 0 Å². The van der Waals surface area contributed by atoms with Gasteiger partial charge in [-0.15, -0.1) is 0 Å². The fourth-order valence-electron chi connectivity index (χ4n) is 1.95. The maximum absolute atomic E-state index is 9.60. The van der Waals surface area contributed by atoms with Crippen molar-refractivity contribution in [2.24, 2.45) is 0 Å². The summed E-state index contributed by atoms with van der Waals surface area (Å²) in [5.41, 5.74) is 6.10. The fraction of sp³-hybridized carbons (Fsp3) is 0.500. The topological polar surface area (TPSA) is 20.2 Å². The van der Waals surface area contributed by atoms with Crippen LogP contribution >= 0.6 is 0 Å². The molecule has 0 spiro atoms. The van der Waals surface area contributed by atoms with E-state index in [4.69, 9.17) is 0 Å². The minimum atomic E-state index is -0.362. The van der Waals surface area contributed by atoms with Gasteiger partial charge in [-0.3, -0.25) is 0 Å². The molecule has 13 heavy (non-hydrogen) atoms. The minimum Gasteiger partial charge on any atom is -0.389 e. The Morgan fingerprint density at radius 3 is 2.00 bits per heavy atom. The van der Waals surface area contributed by atoms with Crippen LogP contribution < -0.4 is 0 Å². The number of aryl methyl sites for hydroxylation is 2. The van der Waals surface area contributed by atoms with Crippen LogP contribution in [-0.4, -0.2) is 5.11 Å². The molecule has 0 amide bonds. The quantitative estimate of drug-likeness (QED) is 0.701. The molecule has 0 bridgehead atoms. The van der Waals surface area contributed by atoms with Gasteiger partial charge in [0.2, 0.25) is 0 Å². The molecule has 1 N–H and O–H groups in total. The first-order chi connectivity index (χ1) is 5.95. The van der Waals surface area contributed by atoms with Crippen molar-refractivity contribution < 1.29 is 5.11 Å². The largest absolute Gasteiger partial charge is 0.389 e. The molecule has 0 aliphatic carbocycles. The van der Waals surface area contributed by atoms with E-state index in [0.29, 0.717) is 0 Å². The van der Waals surface area contributed by atoms with Crippen molar-refractivity contribution in [1.82, 2.24) is 0 Å². The molecule has 0 saturated heterocycles. The van der Waals surface area contributed by atoms with E-state index in [2.05, 4.69) is 33.8 Å². The van der Waals surface area contributed by atoms with Crippen molar-refractivity contribution in [3.8, 4) is 0 Å². The van der Waals surface area contributed by atoms with E-state index in [1.54, 1.807) is 0 Å².